The lowest BCUT2D eigenvalue weighted by molar-refractivity contribution is -0.137. The summed E-state index contributed by atoms with van der Waals surface area (Å²) in [6.45, 7) is 2.08. The Morgan fingerprint density at radius 2 is 1.96 bits per heavy atom. The number of carboxylic acid groups (broad SMARTS) is 1. The first-order valence-electron chi connectivity index (χ1n) is 10.5. The first-order chi connectivity index (χ1) is 13.6. The molecule has 2 bridgehead atoms. The van der Waals surface area contributed by atoms with E-state index >= 15 is 0 Å². The second kappa shape index (κ2) is 10.3. The van der Waals surface area contributed by atoms with Crippen molar-refractivity contribution in [2.45, 2.75) is 68.0 Å². The minimum absolute atomic E-state index is 0.0938. The Hall–Kier alpha value is -1.52. The molecule has 2 aliphatic heterocycles. The Bertz CT molecular complexity index is 684. The number of aliphatic hydroxyl groups is 1. The van der Waals surface area contributed by atoms with Crippen molar-refractivity contribution in [2.75, 3.05) is 0 Å². The highest BCUT2D eigenvalue weighted by molar-refractivity contribution is 8.01. The van der Waals surface area contributed by atoms with Gasteiger partial charge in [0.25, 0.3) is 0 Å². The predicted molar refractivity (Wildman–Crippen MR) is 117 cm³/mol. The molecule has 0 spiro atoms. The van der Waals surface area contributed by atoms with Gasteiger partial charge >= 0.3 is 5.97 Å². The van der Waals surface area contributed by atoms with Gasteiger partial charge < -0.3 is 10.2 Å². The molecule has 2 saturated heterocycles. The zero-order valence-corrected chi connectivity index (χ0v) is 17.4. The van der Waals surface area contributed by atoms with Crippen LogP contribution in [-0.4, -0.2) is 32.8 Å². The van der Waals surface area contributed by atoms with Crippen LogP contribution >= 0.6 is 11.8 Å². The van der Waals surface area contributed by atoms with Crippen molar-refractivity contribution in [2.24, 2.45) is 11.8 Å². The number of carboxylic acids is 1. The Labute approximate surface area is 172 Å². The number of carbonyl (C=O) groups is 1. The summed E-state index contributed by atoms with van der Waals surface area (Å²) in [6, 6.07) is 10.2. The van der Waals surface area contributed by atoms with Gasteiger partial charge in [0.15, 0.2) is 0 Å². The molecular formula is C24H32O3S. The van der Waals surface area contributed by atoms with Gasteiger partial charge in [-0.05, 0) is 49.5 Å². The summed E-state index contributed by atoms with van der Waals surface area (Å²) in [5.41, 5.74) is 1.17. The van der Waals surface area contributed by atoms with Crippen LogP contribution in [0.25, 0.3) is 0 Å². The summed E-state index contributed by atoms with van der Waals surface area (Å²) in [4.78, 5) is 10.6. The minimum atomic E-state index is -0.716. The fourth-order valence-electron chi connectivity index (χ4n) is 4.49. The van der Waals surface area contributed by atoms with Crippen LogP contribution in [0.2, 0.25) is 0 Å². The second-order valence-corrected chi connectivity index (χ2v) is 9.58. The maximum atomic E-state index is 10.7. The van der Waals surface area contributed by atoms with Gasteiger partial charge in [0, 0.05) is 22.8 Å². The molecular weight excluding hydrogens is 368 g/mol. The number of unbranched alkanes of at least 4 members (excludes halogenated alkanes) is 1. The van der Waals surface area contributed by atoms with Crippen LogP contribution in [0.4, 0.5) is 0 Å². The maximum Gasteiger partial charge on any atom is 0.303 e. The van der Waals surface area contributed by atoms with Crippen molar-refractivity contribution in [3.05, 3.63) is 60.2 Å². The van der Waals surface area contributed by atoms with Gasteiger partial charge in [-0.25, -0.2) is 0 Å². The fourth-order valence-corrected chi connectivity index (χ4v) is 6.45. The second-order valence-electron chi connectivity index (χ2n) is 8.10. The van der Waals surface area contributed by atoms with Crippen LogP contribution < -0.4 is 0 Å². The summed E-state index contributed by atoms with van der Waals surface area (Å²) in [6.07, 6.45) is 13.7. The van der Waals surface area contributed by atoms with Crippen molar-refractivity contribution in [1.82, 2.24) is 0 Å². The molecule has 0 radical (unpaired) electrons. The molecule has 2 aliphatic rings. The van der Waals surface area contributed by atoms with E-state index in [9.17, 15) is 9.90 Å². The molecule has 4 heteroatoms. The lowest BCUT2D eigenvalue weighted by atomic mass is 9.77. The predicted octanol–water partition coefficient (Wildman–Crippen LogP) is 5.42. The number of allylic oxidation sites excluding steroid dienone is 3. The van der Waals surface area contributed by atoms with Gasteiger partial charge in [-0.15, -0.1) is 0 Å². The van der Waals surface area contributed by atoms with Crippen LogP contribution in [0.15, 0.2) is 54.6 Å². The van der Waals surface area contributed by atoms with E-state index in [4.69, 9.17) is 5.11 Å². The van der Waals surface area contributed by atoms with E-state index in [0.29, 0.717) is 23.5 Å². The first kappa shape index (κ1) is 21.2. The third-order valence-electron chi connectivity index (χ3n) is 6.19. The Balaban J connectivity index is 1.54. The molecule has 6 atom stereocenters. The van der Waals surface area contributed by atoms with E-state index in [2.05, 4.69) is 49.0 Å². The van der Waals surface area contributed by atoms with Crippen LogP contribution in [0.3, 0.4) is 0 Å². The fraction of sp³-hybridized carbons (Fsp3) is 0.542. The van der Waals surface area contributed by atoms with Crippen molar-refractivity contribution in [3.63, 3.8) is 0 Å². The first-order valence-corrected chi connectivity index (χ1v) is 11.4. The van der Waals surface area contributed by atoms with Gasteiger partial charge in [-0.3, -0.25) is 4.79 Å². The SMILES string of the molecule is CC(c1ccccc1)C(O)C=C[C@@H]1[C@H](CC=CCCCC(=O)O)[C@@H]2CC[C@H]1S2. The number of thioether (sulfide) groups is 1. The van der Waals surface area contributed by atoms with E-state index in [1.54, 1.807) is 0 Å². The molecule has 3 rings (SSSR count). The van der Waals surface area contributed by atoms with Gasteiger partial charge in [0.1, 0.15) is 0 Å². The number of hydrogen-bond acceptors (Lipinski definition) is 3. The molecule has 28 heavy (non-hydrogen) atoms. The number of rotatable bonds is 10. The van der Waals surface area contributed by atoms with E-state index < -0.39 is 12.1 Å². The molecule has 0 aromatic heterocycles. The summed E-state index contributed by atoms with van der Waals surface area (Å²) in [5.74, 6) is 0.544. The third-order valence-corrected chi connectivity index (χ3v) is 8.03. The molecule has 152 valence electrons. The minimum Gasteiger partial charge on any atom is -0.481 e. The smallest absolute Gasteiger partial charge is 0.303 e. The summed E-state index contributed by atoms with van der Waals surface area (Å²) in [5, 5.41) is 20.8. The molecule has 2 fully saturated rings. The molecule has 0 aliphatic carbocycles. The lowest BCUT2D eigenvalue weighted by Gasteiger charge is -2.27. The number of aliphatic carboxylic acids is 1. The van der Waals surface area contributed by atoms with Crippen molar-refractivity contribution in [1.29, 1.82) is 0 Å². The number of hydrogen-bond donors (Lipinski definition) is 2. The van der Waals surface area contributed by atoms with Gasteiger partial charge in [0.05, 0.1) is 6.10 Å². The van der Waals surface area contributed by atoms with Crippen molar-refractivity contribution in [3.8, 4) is 0 Å². The standard InChI is InChI=1S/C24H32O3S/c1-17(18-9-5-4-6-10-18)21(25)14-13-20-19(22-15-16-23(20)28-22)11-7-2-3-8-12-24(26)27/h2,4-7,9-10,13-14,17,19-23,25H,3,8,11-12,15-16H2,1H3,(H,26,27)/t17?,19-,20+,21?,22-,23+/m0/s1. The van der Waals surface area contributed by atoms with E-state index in [1.807, 2.05) is 24.3 Å². The average molecular weight is 401 g/mol. The molecule has 0 saturated carbocycles. The van der Waals surface area contributed by atoms with E-state index in [-0.39, 0.29) is 12.3 Å². The highest BCUT2D eigenvalue weighted by atomic mass is 32.2. The summed E-state index contributed by atoms with van der Waals surface area (Å²) >= 11 is 2.13. The molecule has 0 amide bonds. The molecule has 1 aromatic rings. The van der Waals surface area contributed by atoms with Gasteiger partial charge in [-0.2, -0.15) is 11.8 Å². The van der Waals surface area contributed by atoms with Crippen LogP contribution in [0, 0.1) is 11.8 Å². The monoisotopic (exact) mass is 400 g/mol. The zero-order chi connectivity index (χ0) is 19.9. The highest BCUT2D eigenvalue weighted by Gasteiger charge is 2.46. The van der Waals surface area contributed by atoms with Crippen molar-refractivity contribution < 1.29 is 15.0 Å². The molecule has 1 aromatic carbocycles. The Morgan fingerprint density at radius 1 is 1.21 bits per heavy atom. The molecule has 2 unspecified atom stereocenters. The van der Waals surface area contributed by atoms with Gasteiger partial charge in [-0.1, -0.05) is 61.6 Å². The Morgan fingerprint density at radius 3 is 2.71 bits per heavy atom. The normalized spacial score (nSPS) is 28.9. The topological polar surface area (TPSA) is 57.5 Å². The largest absolute Gasteiger partial charge is 0.481 e. The quantitative estimate of drug-likeness (QED) is 0.407. The Kier molecular flexibility index (Phi) is 7.81. The van der Waals surface area contributed by atoms with Crippen LogP contribution in [0.5, 0.6) is 0 Å². The summed E-state index contributed by atoms with van der Waals surface area (Å²) in [7, 11) is 0. The van der Waals surface area contributed by atoms with E-state index in [1.165, 1.54) is 18.4 Å². The number of fused-ring (bicyclic) bond motifs is 2. The highest BCUT2D eigenvalue weighted by Crippen LogP contribution is 2.54. The average Bonchev–Trinajstić information content (AvgIpc) is 3.30. The third kappa shape index (κ3) is 5.51. The zero-order valence-electron chi connectivity index (χ0n) is 16.6. The molecule has 2 heterocycles. The molecule has 2 N–H and O–H groups in total. The van der Waals surface area contributed by atoms with E-state index in [0.717, 1.165) is 18.1 Å². The van der Waals surface area contributed by atoms with Gasteiger partial charge in [0.2, 0.25) is 0 Å². The van der Waals surface area contributed by atoms with Crippen LogP contribution in [-0.2, 0) is 4.79 Å². The number of aliphatic hydroxyl groups excluding tert-OH is 1. The molecule has 3 nitrogen and oxygen atoms in total. The summed E-state index contributed by atoms with van der Waals surface area (Å²) < 4.78 is 0. The lowest BCUT2D eigenvalue weighted by Crippen LogP contribution is -2.26. The van der Waals surface area contributed by atoms with Crippen molar-refractivity contribution >= 4 is 17.7 Å². The maximum absolute atomic E-state index is 10.7. The van der Waals surface area contributed by atoms with Crippen LogP contribution in [0.1, 0.15) is 56.9 Å². The number of benzene rings is 1.